The largest absolute Gasteiger partial charge is 0.0804 e. The summed E-state index contributed by atoms with van der Waals surface area (Å²) in [5.74, 6) is 2.76. The lowest BCUT2D eigenvalue weighted by atomic mass is 9.77. The number of benzene rings is 1. The van der Waals surface area contributed by atoms with E-state index in [1.165, 1.54) is 82.6 Å². The van der Waals surface area contributed by atoms with Crippen molar-refractivity contribution in [3.8, 4) is 0 Å². The number of hydrogen-bond donors (Lipinski definition) is 0. The summed E-state index contributed by atoms with van der Waals surface area (Å²) in [5.41, 5.74) is 4.68. The van der Waals surface area contributed by atoms with Gasteiger partial charge in [0.2, 0.25) is 0 Å². The zero-order chi connectivity index (χ0) is 17.5. The van der Waals surface area contributed by atoms with Gasteiger partial charge in [-0.2, -0.15) is 0 Å². The Hall–Kier alpha value is -1.04. The van der Waals surface area contributed by atoms with Crippen LogP contribution in [0.5, 0.6) is 0 Å². The maximum absolute atomic E-state index is 2.54. The first-order chi connectivity index (χ1) is 12.3. The Morgan fingerprint density at radius 2 is 1.60 bits per heavy atom. The highest BCUT2D eigenvalue weighted by Crippen LogP contribution is 2.38. The van der Waals surface area contributed by atoms with Gasteiger partial charge in [-0.3, -0.25) is 0 Å². The van der Waals surface area contributed by atoms with Crippen molar-refractivity contribution in [3.05, 3.63) is 41.5 Å². The molecule has 1 atom stereocenters. The highest BCUT2D eigenvalue weighted by atomic mass is 14.3. The summed E-state index contributed by atoms with van der Waals surface area (Å²) in [6, 6.07) is 9.68. The molecule has 0 saturated heterocycles. The summed E-state index contributed by atoms with van der Waals surface area (Å²) in [5, 5.41) is 0. The summed E-state index contributed by atoms with van der Waals surface area (Å²) < 4.78 is 0. The molecule has 1 aromatic carbocycles. The molecule has 2 aliphatic carbocycles. The van der Waals surface area contributed by atoms with Crippen LogP contribution >= 0.6 is 0 Å². The van der Waals surface area contributed by atoms with E-state index >= 15 is 0 Å². The summed E-state index contributed by atoms with van der Waals surface area (Å²) in [4.78, 5) is 0. The molecule has 3 rings (SSSR count). The number of rotatable bonds is 7. The molecule has 0 amide bonds. The van der Waals surface area contributed by atoms with E-state index < -0.39 is 0 Å². The molecule has 138 valence electrons. The average molecular weight is 339 g/mol. The minimum absolute atomic E-state index is 0.820. The molecule has 0 aliphatic heterocycles. The predicted molar refractivity (Wildman–Crippen MR) is 111 cm³/mol. The lowest BCUT2D eigenvalue weighted by Crippen LogP contribution is -2.12. The maximum Gasteiger partial charge on any atom is -0.0162 e. The molecule has 2 aliphatic rings. The van der Waals surface area contributed by atoms with Crippen LogP contribution in [0.3, 0.4) is 0 Å². The molecule has 0 aromatic heterocycles. The molecule has 0 nitrogen and oxygen atoms in total. The van der Waals surface area contributed by atoms with Gasteiger partial charge in [0.15, 0.2) is 0 Å². The fraction of sp³-hybridized carbons (Fsp3) is 0.680. The van der Waals surface area contributed by atoms with Gasteiger partial charge in [0.1, 0.15) is 0 Å². The molecule has 1 unspecified atom stereocenters. The van der Waals surface area contributed by atoms with Crippen molar-refractivity contribution in [3.63, 3.8) is 0 Å². The quantitative estimate of drug-likeness (QED) is 0.440. The van der Waals surface area contributed by atoms with Gasteiger partial charge in [0.05, 0.1) is 0 Å². The molecule has 1 saturated carbocycles. The monoisotopic (exact) mass is 338 g/mol. The summed E-state index contributed by atoms with van der Waals surface area (Å²) in [7, 11) is 0. The van der Waals surface area contributed by atoms with Crippen molar-refractivity contribution in [2.24, 2.45) is 11.8 Å². The first kappa shape index (κ1) is 18.7. The summed E-state index contributed by atoms with van der Waals surface area (Å²) >= 11 is 0. The van der Waals surface area contributed by atoms with Crippen LogP contribution in [0.1, 0.15) is 108 Å². The second-order valence-corrected chi connectivity index (χ2v) is 8.61. The normalized spacial score (nSPS) is 27.1. The van der Waals surface area contributed by atoms with Gasteiger partial charge in [0.25, 0.3) is 0 Å². The molecule has 0 N–H and O–H groups in total. The second-order valence-electron chi connectivity index (χ2n) is 8.61. The van der Waals surface area contributed by atoms with Gasteiger partial charge in [-0.05, 0) is 79.4 Å². The van der Waals surface area contributed by atoms with Crippen molar-refractivity contribution in [1.29, 1.82) is 0 Å². The van der Waals surface area contributed by atoms with Gasteiger partial charge in [-0.15, -0.1) is 0 Å². The van der Waals surface area contributed by atoms with Crippen molar-refractivity contribution < 1.29 is 0 Å². The molecule has 0 heterocycles. The molecule has 0 spiro atoms. The lowest BCUT2D eigenvalue weighted by molar-refractivity contribution is 0.319. The SMILES string of the molecule is CCCCCC1CC=C(c2ccc([C@H]3CC[C@H](CC)CC3)cc2)CC1. The zero-order valence-corrected chi connectivity index (χ0v) is 16.6. The van der Waals surface area contributed by atoms with Crippen molar-refractivity contribution in [2.45, 2.75) is 96.8 Å². The Bertz CT molecular complexity index is 528. The van der Waals surface area contributed by atoms with Crippen LogP contribution in [0.25, 0.3) is 5.57 Å². The Morgan fingerprint density at radius 3 is 2.20 bits per heavy atom. The molecular weight excluding hydrogens is 300 g/mol. The number of unbranched alkanes of at least 4 members (excludes halogenated alkanes) is 2. The predicted octanol–water partition coefficient (Wildman–Crippen LogP) is 8.13. The van der Waals surface area contributed by atoms with Crippen LogP contribution in [0.2, 0.25) is 0 Å². The summed E-state index contributed by atoms with van der Waals surface area (Å²) in [6.45, 7) is 4.66. The lowest BCUT2D eigenvalue weighted by Gasteiger charge is -2.28. The highest BCUT2D eigenvalue weighted by Gasteiger charge is 2.21. The van der Waals surface area contributed by atoms with E-state index in [9.17, 15) is 0 Å². The third kappa shape index (κ3) is 5.22. The van der Waals surface area contributed by atoms with Crippen LogP contribution in [0.4, 0.5) is 0 Å². The molecular formula is C25H38. The van der Waals surface area contributed by atoms with Gasteiger partial charge < -0.3 is 0 Å². The van der Waals surface area contributed by atoms with Crippen LogP contribution in [-0.4, -0.2) is 0 Å². The molecule has 0 radical (unpaired) electrons. The first-order valence-corrected chi connectivity index (χ1v) is 11.1. The zero-order valence-electron chi connectivity index (χ0n) is 16.6. The smallest absolute Gasteiger partial charge is 0.0162 e. The van der Waals surface area contributed by atoms with E-state index in [-0.39, 0.29) is 0 Å². The van der Waals surface area contributed by atoms with E-state index in [0.29, 0.717) is 0 Å². The molecule has 1 aromatic rings. The standard InChI is InChI=1S/C25H38/c1-3-5-6-7-21-10-14-23(15-11-21)25-18-16-24(17-19-25)22-12-8-20(4-2)9-13-22/h14,16-22H,3-13,15H2,1-2H3/t20-,21?,22-. The Balaban J connectivity index is 1.52. The number of allylic oxidation sites excluding steroid dienone is 2. The van der Waals surface area contributed by atoms with Gasteiger partial charge in [-0.25, -0.2) is 0 Å². The third-order valence-electron chi connectivity index (χ3n) is 6.91. The van der Waals surface area contributed by atoms with E-state index in [0.717, 1.165) is 17.8 Å². The van der Waals surface area contributed by atoms with Crippen molar-refractivity contribution in [1.82, 2.24) is 0 Å². The molecule has 25 heavy (non-hydrogen) atoms. The van der Waals surface area contributed by atoms with E-state index in [2.05, 4.69) is 44.2 Å². The topological polar surface area (TPSA) is 0 Å². The first-order valence-electron chi connectivity index (χ1n) is 11.1. The molecule has 0 bridgehead atoms. The average Bonchev–Trinajstić information content (AvgIpc) is 2.69. The van der Waals surface area contributed by atoms with Crippen molar-refractivity contribution >= 4 is 5.57 Å². The third-order valence-corrected chi connectivity index (χ3v) is 6.91. The Labute approximate surface area is 156 Å². The van der Waals surface area contributed by atoms with Crippen molar-refractivity contribution in [2.75, 3.05) is 0 Å². The second kappa shape index (κ2) is 9.60. The van der Waals surface area contributed by atoms with E-state index in [1.807, 2.05) is 0 Å². The molecule has 1 fully saturated rings. The summed E-state index contributed by atoms with van der Waals surface area (Å²) in [6.07, 6.45) is 19.2. The van der Waals surface area contributed by atoms with E-state index in [4.69, 9.17) is 0 Å². The van der Waals surface area contributed by atoms with Crippen LogP contribution in [0, 0.1) is 11.8 Å². The Kier molecular flexibility index (Phi) is 7.20. The highest BCUT2D eigenvalue weighted by molar-refractivity contribution is 5.66. The van der Waals surface area contributed by atoms with Gasteiger partial charge in [0, 0.05) is 0 Å². The van der Waals surface area contributed by atoms with E-state index in [1.54, 1.807) is 11.1 Å². The fourth-order valence-electron chi connectivity index (χ4n) is 4.97. The number of hydrogen-bond acceptors (Lipinski definition) is 0. The van der Waals surface area contributed by atoms with Crippen LogP contribution in [-0.2, 0) is 0 Å². The Morgan fingerprint density at radius 1 is 0.840 bits per heavy atom. The minimum atomic E-state index is 0.820. The molecule has 0 heteroatoms. The van der Waals surface area contributed by atoms with Gasteiger partial charge >= 0.3 is 0 Å². The van der Waals surface area contributed by atoms with Crippen LogP contribution in [0.15, 0.2) is 30.3 Å². The van der Waals surface area contributed by atoms with Crippen LogP contribution < -0.4 is 0 Å². The maximum atomic E-state index is 2.54. The van der Waals surface area contributed by atoms with Gasteiger partial charge in [-0.1, -0.05) is 76.3 Å². The fourth-order valence-corrected chi connectivity index (χ4v) is 4.97. The minimum Gasteiger partial charge on any atom is -0.0804 e.